The van der Waals surface area contributed by atoms with Crippen molar-refractivity contribution in [2.45, 2.75) is 24.5 Å². The van der Waals surface area contributed by atoms with Gasteiger partial charge in [0.15, 0.2) is 0 Å². The lowest BCUT2D eigenvalue weighted by atomic mass is 9.80. The second-order valence-corrected chi connectivity index (χ2v) is 6.20. The summed E-state index contributed by atoms with van der Waals surface area (Å²) in [6, 6.07) is 30.8. The van der Waals surface area contributed by atoms with E-state index in [4.69, 9.17) is 16.3 Å². The molecule has 0 bridgehead atoms. The van der Waals surface area contributed by atoms with Gasteiger partial charge in [-0.15, -0.1) is 0 Å². The zero-order chi connectivity index (χ0) is 16.8. The summed E-state index contributed by atoms with van der Waals surface area (Å²) in [5, 5.41) is 0. The molecule has 3 aromatic carbocycles. The van der Waals surface area contributed by atoms with Gasteiger partial charge in [0, 0.05) is 0 Å². The molecular formula is C22H21ClO. The van der Waals surface area contributed by atoms with Crippen LogP contribution in [-0.2, 0) is 10.3 Å². The van der Waals surface area contributed by atoms with Crippen molar-refractivity contribution in [2.24, 2.45) is 0 Å². The number of hydrogen-bond acceptors (Lipinski definition) is 1. The van der Waals surface area contributed by atoms with Crippen LogP contribution in [0.2, 0.25) is 0 Å². The van der Waals surface area contributed by atoms with Gasteiger partial charge in [-0.3, -0.25) is 0 Å². The van der Waals surface area contributed by atoms with Gasteiger partial charge in [-0.05, 0) is 23.1 Å². The van der Waals surface area contributed by atoms with Crippen LogP contribution in [0.3, 0.4) is 0 Å². The van der Waals surface area contributed by atoms with Crippen LogP contribution in [0.5, 0.6) is 0 Å². The smallest absolute Gasteiger partial charge is 0.145 e. The predicted molar refractivity (Wildman–Crippen MR) is 100 cm³/mol. The van der Waals surface area contributed by atoms with Gasteiger partial charge in [0.1, 0.15) is 11.2 Å². The van der Waals surface area contributed by atoms with Crippen molar-refractivity contribution in [2.75, 3.05) is 0 Å². The molecule has 0 aliphatic carbocycles. The minimum atomic E-state index is -0.730. The molecule has 0 aliphatic heterocycles. The quantitative estimate of drug-likeness (QED) is 0.398. The summed E-state index contributed by atoms with van der Waals surface area (Å²) in [5.74, 6) is 0. The summed E-state index contributed by atoms with van der Waals surface area (Å²) in [7, 11) is 0. The lowest BCUT2D eigenvalue weighted by Gasteiger charge is -2.37. The molecule has 0 aliphatic rings. The van der Waals surface area contributed by atoms with Gasteiger partial charge in [-0.2, -0.15) is 0 Å². The van der Waals surface area contributed by atoms with Gasteiger partial charge in [0.05, 0.1) is 0 Å². The lowest BCUT2D eigenvalue weighted by molar-refractivity contribution is -0.00924. The van der Waals surface area contributed by atoms with Gasteiger partial charge in [-0.25, -0.2) is 0 Å². The summed E-state index contributed by atoms with van der Waals surface area (Å²) in [6.45, 7) is 2.03. The standard InChI is InChI=1S/C22H21ClO/c1-2-21(23)24-22(18-12-6-3-7-13-18,19-14-8-4-9-15-19)20-16-10-5-11-17-20/h3-17,21H,2H2,1H3. The molecule has 24 heavy (non-hydrogen) atoms. The predicted octanol–water partition coefficient (Wildman–Crippen LogP) is 5.97. The Bertz CT molecular complexity index is 644. The lowest BCUT2D eigenvalue weighted by Crippen LogP contribution is -2.35. The molecule has 0 fully saturated rings. The molecule has 3 aromatic rings. The number of alkyl halides is 1. The molecular weight excluding hydrogens is 316 g/mol. The highest BCUT2D eigenvalue weighted by Crippen LogP contribution is 2.42. The summed E-state index contributed by atoms with van der Waals surface area (Å²) in [4.78, 5) is 0. The van der Waals surface area contributed by atoms with Gasteiger partial charge in [0.25, 0.3) is 0 Å². The van der Waals surface area contributed by atoms with E-state index < -0.39 is 5.60 Å². The van der Waals surface area contributed by atoms with Gasteiger partial charge in [0.2, 0.25) is 0 Å². The second-order valence-electron chi connectivity index (χ2n) is 5.72. The first-order chi connectivity index (χ1) is 11.8. The van der Waals surface area contributed by atoms with Crippen LogP contribution in [0.1, 0.15) is 30.0 Å². The van der Waals surface area contributed by atoms with E-state index in [0.717, 1.165) is 23.1 Å². The third-order valence-electron chi connectivity index (χ3n) is 4.17. The number of halogens is 1. The third kappa shape index (κ3) is 3.24. The van der Waals surface area contributed by atoms with E-state index in [1.807, 2.05) is 61.5 Å². The summed E-state index contributed by atoms with van der Waals surface area (Å²) >= 11 is 6.48. The van der Waals surface area contributed by atoms with Crippen LogP contribution in [0, 0.1) is 0 Å². The molecule has 2 heteroatoms. The Morgan fingerprint density at radius 2 is 1.04 bits per heavy atom. The molecule has 0 N–H and O–H groups in total. The Morgan fingerprint density at radius 3 is 1.33 bits per heavy atom. The average Bonchev–Trinajstić information content (AvgIpc) is 2.68. The van der Waals surface area contributed by atoms with Crippen molar-refractivity contribution in [3.05, 3.63) is 108 Å². The highest BCUT2D eigenvalue weighted by Gasteiger charge is 2.39. The maximum atomic E-state index is 6.51. The van der Waals surface area contributed by atoms with E-state index >= 15 is 0 Å². The molecule has 0 radical (unpaired) electrons. The van der Waals surface area contributed by atoms with Gasteiger partial charge >= 0.3 is 0 Å². The first-order valence-corrected chi connectivity index (χ1v) is 8.69. The van der Waals surface area contributed by atoms with Crippen LogP contribution in [-0.4, -0.2) is 5.56 Å². The highest BCUT2D eigenvalue weighted by molar-refractivity contribution is 6.19. The minimum absolute atomic E-state index is 0.384. The maximum absolute atomic E-state index is 6.51. The Balaban J connectivity index is 2.28. The SMILES string of the molecule is CCC(Cl)OC(c1ccccc1)(c1ccccc1)c1ccccc1. The van der Waals surface area contributed by atoms with Crippen molar-refractivity contribution in [3.63, 3.8) is 0 Å². The van der Waals surface area contributed by atoms with Crippen molar-refractivity contribution in [3.8, 4) is 0 Å². The summed E-state index contributed by atoms with van der Waals surface area (Å²) < 4.78 is 6.51. The number of hydrogen-bond donors (Lipinski definition) is 0. The van der Waals surface area contributed by atoms with Crippen LogP contribution >= 0.6 is 11.6 Å². The molecule has 3 rings (SSSR count). The first-order valence-electron chi connectivity index (χ1n) is 8.26. The fourth-order valence-corrected chi connectivity index (χ4v) is 3.13. The zero-order valence-electron chi connectivity index (χ0n) is 13.7. The van der Waals surface area contributed by atoms with Crippen molar-refractivity contribution < 1.29 is 4.74 Å². The molecule has 0 saturated carbocycles. The van der Waals surface area contributed by atoms with Crippen LogP contribution in [0.15, 0.2) is 91.0 Å². The Hall–Kier alpha value is -2.09. The first kappa shape index (κ1) is 16.8. The molecule has 1 unspecified atom stereocenters. The monoisotopic (exact) mass is 336 g/mol. The van der Waals surface area contributed by atoms with E-state index in [1.54, 1.807) is 0 Å². The van der Waals surface area contributed by atoms with E-state index in [9.17, 15) is 0 Å². The van der Waals surface area contributed by atoms with E-state index in [-0.39, 0.29) is 5.56 Å². The topological polar surface area (TPSA) is 9.23 Å². The molecule has 0 heterocycles. The largest absolute Gasteiger partial charge is 0.342 e. The summed E-state index contributed by atoms with van der Waals surface area (Å²) in [5.41, 5.74) is 2.10. The van der Waals surface area contributed by atoms with Crippen molar-refractivity contribution in [1.29, 1.82) is 0 Å². The zero-order valence-corrected chi connectivity index (χ0v) is 14.5. The number of rotatable bonds is 6. The highest BCUT2D eigenvalue weighted by atomic mass is 35.5. The fourth-order valence-electron chi connectivity index (χ4n) is 3.00. The van der Waals surface area contributed by atoms with Crippen molar-refractivity contribution >= 4 is 11.6 Å². The fraction of sp³-hybridized carbons (Fsp3) is 0.182. The number of ether oxygens (including phenoxy) is 1. The number of benzene rings is 3. The maximum Gasteiger partial charge on any atom is 0.145 e. The van der Waals surface area contributed by atoms with Crippen LogP contribution in [0.4, 0.5) is 0 Å². The van der Waals surface area contributed by atoms with Crippen LogP contribution < -0.4 is 0 Å². The van der Waals surface area contributed by atoms with Gasteiger partial charge in [-0.1, -0.05) is 110 Å². The molecule has 0 spiro atoms. The van der Waals surface area contributed by atoms with Crippen LogP contribution in [0.25, 0.3) is 0 Å². The Kier molecular flexibility index (Phi) is 5.34. The van der Waals surface area contributed by atoms with E-state index in [0.29, 0.717) is 0 Å². The summed E-state index contributed by atoms with van der Waals surface area (Å²) in [6.07, 6.45) is 0.732. The molecule has 0 aromatic heterocycles. The Labute approximate surface area is 148 Å². The molecule has 1 atom stereocenters. The van der Waals surface area contributed by atoms with E-state index in [1.165, 1.54) is 0 Å². The molecule has 122 valence electrons. The van der Waals surface area contributed by atoms with E-state index in [2.05, 4.69) is 36.4 Å². The Morgan fingerprint density at radius 1 is 0.708 bits per heavy atom. The second kappa shape index (κ2) is 7.65. The van der Waals surface area contributed by atoms with Crippen molar-refractivity contribution in [1.82, 2.24) is 0 Å². The molecule has 1 nitrogen and oxygen atoms in total. The average molecular weight is 337 g/mol. The molecule has 0 saturated heterocycles. The normalized spacial score (nSPS) is 12.8. The van der Waals surface area contributed by atoms with Gasteiger partial charge < -0.3 is 4.74 Å². The minimum Gasteiger partial charge on any atom is -0.342 e. The third-order valence-corrected chi connectivity index (χ3v) is 4.56. The molecule has 0 amide bonds.